The Bertz CT molecular complexity index is 173. The minimum atomic E-state index is -0.521. The highest BCUT2D eigenvalue weighted by Gasteiger charge is 1.93. The van der Waals surface area contributed by atoms with Crippen molar-refractivity contribution in [3.63, 3.8) is 0 Å². The van der Waals surface area contributed by atoms with Crippen LogP contribution in [0.3, 0.4) is 0 Å². The van der Waals surface area contributed by atoms with Gasteiger partial charge in [-0.3, -0.25) is 0 Å². The Labute approximate surface area is 70.7 Å². The Kier molecular flexibility index (Phi) is 4.86. The molecule has 0 fully saturated rings. The number of hydrogen-bond acceptors (Lipinski definition) is 1. The van der Waals surface area contributed by atoms with E-state index in [1.807, 2.05) is 0 Å². The van der Waals surface area contributed by atoms with Crippen LogP contribution < -0.4 is 0 Å². The lowest BCUT2D eigenvalue weighted by Crippen LogP contribution is -1.80. The maximum absolute atomic E-state index is 12.2. The molecule has 0 saturated heterocycles. The Morgan fingerprint density at radius 2 is 1.36 bits per heavy atom. The Morgan fingerprint density at radius 3 is 1.64 bits per heavy atom. The molecule has 1 aromatic rings. The van der Waals surface area contributed by atoms with Crippen LogP contribution in [0.4, 0.5) is 8.78 Å². The number of hydrogen-bond donors (Lipinski definition) is 1. The van der Waals surface area contributed by atoms with Gasteiger partial charge in [0.25, 0.3) is 0 Å². The zero-order chi connectivity index (χ0) is 8.85. The Hall–Kier alpha value is -0.570. The van der Waals surface area contributed by atoms with E-state index in [4.69, 9.17) is 0 Å². The van der Waals surface area contributed by atoms with Gasteiger partial charge in [0, 0.05) is 6.07 Å². The molecule has 0 heterocycles. The van der Waals surface area contributed by atoms with Crippen molar-refractivity contribution in [2.24, 2.45) is 0 Å². The van der Waals surface area contributed by atoms with Crippen LogP contribution in [0.2, 0.25) is 0 Å². The molecule has 0 radical (unpaired) electrons. The molecule has 1 aromatic carbocycles. The molecule has 3 heteroatoms. The molecule has 0 unspecified atom stereocenters. The molecule has 0 amide bonds. The Balaban J connectivity index is 0.000000461. The van der Waals surface area contributed by atoms with Crippen LogP contribution in [0, 0.1) is 18.6 Å². The summed E-state index contributed by atoms with van der Waals surface area (Å²) >= 11 is 3.53. The molecule has 1 rings (SSSR count). The van der Waals surface area contributed by atoms with E-state index >= 15 is 0 Å². The van der Waals surface area contributed by atoms with Crippen LogP contribution in [0.25, 0.3) is 0 Å². The molecule has 0 aromatic heterocycles. The van der Waals surface area contributed by atoms with Gasteiger partial charge in [-0.2, -0.15) is 12.6 Å². The third-order valence-electron chi connectivity index (χ3n) is 1.01. The summed E-state index contributed by atoms with van der Waals surface area (Å²) in [5.41, 5.74) is 0.604. The quantitative estimate of drug-likeness (QED) is 0.577. The minimum Gasteiger partial charge on any atom is -0.207 e. The highest BCUT2D eigenvalue weighted by molar-refractivity contribution is 7.79. The van der Waals surface area contributed by atoms with Crippen molar-refractivity contribution in [1.82, 2.24) is 0 Å². The van der Waals surface area contributed by atoms with Crippen molar-refractivity contribution in [2.75, 3.05) is 6.26 Å². The number of rotatable bonds is 0. The van der Waals surface area contributed by atoms with Crippen LogP contribution in [0.1, 0.15) is 5.56 Å². The topological polar surface area (TPSA) is 0 Å². The fraction of sp³-hybridized carbons (Fsp3) is 0.250. The molecule has 0 spiro atoms. The summed E-state index contributed by atoms with van der Waals surface area (Å²) < 4.78 is 24.4. The number of halogens is 2. The average molecular weight is 176 g/mol. The van der Waals surface area contributed by atoms with Crippen LogP contribution in [0.5, 0.6) is 0 Å². The molecule has 0 saturated carbocycles. The van der Waals surface area contributed by atoms with Gasteiger partial charge in [0.2, 0.25) is 0 Å². The summed E-state index contributed by atoms with van der Waals surface area (Å²) in [5.74, 6) is -1.04. The standard InChI is InChI=1S/C7H6F2.CH4S/c1-5-2-6(8)4-7(9)3-5;1-2/h2-4H,1H3;2H,1H3. The highest BCUT2D eigenvalue weighted by atomic mass is 32.1. The second-order valence-electron chi connectivity index (χ2n) is 1.95. The van der Waals surface area contributed by atoms with Crippen LogP contribution in [-0.4, -0.2) is 6.26 Å². The zero-order valence-electron chi connectivity index (χ0n) is 6.44. The molecular weight excluding hydrogens is 166 g/mol. The van der Waals surface area contributed by atoms with E-state index in [0.717, 1.165) is 6.07 Å². The smallest absolute Gasteiger partial charge is 0.126 e. The minimum absolute atomic E-state index is 0.521. The fourth-order valence-electron chi connectivity index (χ4n) is 0.692. The number of thiol groups is 1. The first-order chi connectivity index (χ1) is 5.18. The molecule has 0 N–H and O–H groups in total. The maximum atomic E-state index is 12.2. The van der Waals surface area contributed by atoms with E-state index < -0.39 is 11.6 Å². The average Bonchev–Trinajstić information content (AvgIpc) is 1.88. The molecule has 0 aliphatic heterocycles. The van der Waals surface area contributed by atoms with Crippen molar-refractivity contribution in [3.8, 4) is 0 Å². The van der Waals surface area contributed by atoms with E-state index in [9.17, 15) is 8.78 Å². The SMILES string of the molecule is CS.Cc1cc(F)cc(F)c1. The van der Waals surface area contributed by atoms with Crippen LogP contribution in [0.15, 0.2) is 18.2 Å². The first-order valence-corrected chi connectivity index (χ1v) is 3.95. The maximum Gasteiger partial charge on any atom is 0.126 e. The van der Waals surface area contributed by atoms with E-state index in [-0.39, 0.29) is 0 Å². The third-order valence-corrected chi connectivity index (χ3v) is 1.01. The first kappa shape index (κ1) is 10.4. The van der Waals surface area contributed by atoms with Crippen molar-refractivity contribution in [2.45, 2.75) is 6.92 Å². The summed E-state index contributed by atoms with van der Waals surface area (Å²) in [6, 6.07) is 3.42. The van der Waals surface area contributed by atoms with Crippen molar-refractivity contribution < 1.29 is 8.78 Å². The second-order valence-corrected chi connectivity index (χ2v) is 1.95. The molecule has 0 atom stereocenters. The van der Waals surface area contributed by atoms with Gasteiger partial charge in [0.05, 0.1) is 0 Å². The van der Waals surface area contributed by atoms with Crippen molar-refractivity contribution in [1.29, 1.82) is 0 Å². The van der Waals surface area contributed by atoms with Gasteiger partial charge in [-0.05, 0) is 30.9 Å². The van der Waals surface area contributed by atoms with Gasteiger partial charge in [0.15, 0.2) is 0 Å². The van der Waals surface area contributed by atoms with E-state index in [2.05, 4.69) is 12.6 Å². The molecule has 62 valence electrons. The van der Waals surface area contributed by atoms with Crippen LogP contribution >= 0.6 is 12.6 Å². The zero-order valence-corrected chi connectivity index (χ0v) is 7.33. The summed E-state index contributed by atoms with van der Waals surface area (Å²) in [4.78, 5) is 0. The van der Waals surface area contributed by atoms with Gasteiger partial charge in [0.1, 0.15) is 11.6 Å². The molecule has 11 heavy (non-hydrogen) atoms. The van der Waals surface area contributed by atoms with Crippen molar-refractivity contribution >= 4 is 12.6 Å². The molecule has 0 nitrogen and oxygen atoms in total. The van der Waals surface area contributed by atoms with E-state index in [0.29, 0.717) is 5.56 Å². The lowest BCUT2D eigenvalue weighted by Gasteiger charge is -1.91. The van der Waals surface area contributed by atoms with Gasteiger partial charge < -0.3 is 0 Å². The molecular formula is C8H10F2S. The lowest BCUT2D eigenvalue weighted by molar-refractivity contribution is 0.581. The van der Waals surface area contributed by atoms with Gasteiger partial charge in [-0.25, -0.2) is 8.78 Å². The summed E-state index contributed by atoms with van der Waals surface area (Å²) in [6.45, 7) is 1.64. The fourth-order valence-corrected chi connectivity index (χ4v) is 0.692. The second kappa shape index (κ2) is 5.13. The van der Waals surface area contributed by atoms with Crippen molar-refractivity contribution in [3.05, 3.63) is 35.4 Å². The lowest BCUT2D eigenvalue weighted by atomic mass is 10.2. The summed E-state index contributed by atoms with van der Waals surface area (Å²) in [6.07, 6.45) is 1.69. The van der Waals surface area contributed by atoms with Gasteiger partial charge >= 0.3 is 0 Å². The summed E-state index contributed by atoms with van der Waals surface area (Å²) in [5, 5.41) is 0. The third kappa shape index (κ3) is 3.98. The first-order valence-electron chi connectivity index (χ1n) is 3.06. The van der Waals surface area contributed by atoms with E-state index in [1.165, 1.54) is 12.1 Å². The highest BCUT2D eigenvalue weighted by Crippen LogP contribution is 2.05. The van der Waals surface area contributed by atoms with E-state index in [1.54, 1.807) is 13.2 Å². The van der Waals surface area contributed by atoms with Gasteiger partial charge in [-0.1, -0.05) is 0 Å². The largest absolute Gasteiger partial charge is 0.207 e. The molecule has 0 aliphatic rings. The summed E-state index contributed by atoms with van der Waals surface area (Å²) in [7, 11) is 0. The Morgan fingerprint density at radius 1 is 1.00 bits per heavy atom. The normalized spacial score (nSPS) is 8.45. The number of benzene rings is 1. The molecule has 0 aliphatic carbocycles. The number of aryl methyl sites for hydroxylation is 1. The predicted molar refractivity (Wildman–Crippen MR) is 46.0 cm³/mol. The monoisotopic (exact) mass is 176 g/mol. The van der Waals surface area contributed by atoms with Crippen LogP contribution in [-0.2, 0) is 0 Å². The molecule has 0 bridgehead atoms. The van der Waals surface area contributed by atoms with Gasteiger partial charge in [-0.15, -0.1) is 0 Å². The predicted octanol–water partition coefficient (Wildman–Crippen LogP) is 2.82.